The van der Waals surface area contributed by atoms with Crippen molar-refractivity contribution in [3.8, 4) is 0 Å². The molecule has 45 atom stereocenters. The van der Waals surface area contributed by atoms with E-state index in [0.29, 0.717) is 5.56 Å². The fourth-order valence-electron chi connectivity index (χ4n) is 16.6. The van der Waals surface area contributed by atoms with E-state index in [2.05, 4.69) is 21.3 Å². The number of rotatable bonds is 38. The number of carbonyl (C=O) groups excluding carboxylic acids is 5. The van der Waals surface area contributed by atoms with Gasteiger partial charge in [0.05, 0.1) is 77.1 Å². The fraction of sp³-hybridized carbons (Fsp3) is 0.772. The van der Waals surface area contributed by atoms with E-state index in [9.17, 15) is 162 Å². The lowest BCUT2D eigenvalue weighted by molar-refractivity contribution is -0.402. The van der Waals surface area contributed by atoms with Crippen LogP contribution < -0.4 is 26.2 Å². The standard InChI is InChI=1S/C79H121N5O49/c1-26-47(100)52(105)56(109)72(118-26)130-67-45(81-29(4)93)70(126-62-40(21-88)123-74(58(111)54(62)107)125-61(38(99)19-86)49(102)36(97)17-84(31(6)95)34-14-12-33(13-15-34)83-78(116)117-25-32-10-8-7-9-11-32)121-42(23-90)64(67)128-75-59(112)55(108)63(41(22-89)124-75)127-71-46(82-30(5)94)68(131-73-57(110)53(106)48(101)27(2)119-73)65(43(24-91)122-71)129-76-60(113)69(51(104)39(20-87)120-76)133-79(77(114)115)16-35(96)44(80-28(3)92)66(132-79)50(103)37(98)18-85/h7-15,26-27,35-76,85-91,96-113H,16-25H2,1-6H3,(H,80,92)(H,81,93)(H,82,94)(H,83,116)(H,114,115)/t26-,27-,35+,36+,37-,38-,39-,40-,41-,42-,43-,44-,45-,46-,47+,48+,49-,50-,51+,52+,53+,54-,55-,56-,57-,58-,59-,60-,61-,62+,63+,64-,65-,66-,67-,68-,69+,70+,71+,72-,73-,74+,75+,76+,79+/m1/s1. The third-order valence-electron chi connectivity index (χ3n) is 23.7. The molecule has 8 aliphatic heterocycles. The topological polar surface area (TPSA) is 837 Å². The lowest BCUT2D eigenvalue weighted by atomic mass is 9.88. The van der Waals surface area contributed by atoms with Crippen LogP contribution in [0, 0.1) is 0 Å². The molecule has 54 heteroatoms. The zero-order valence-corrected chi connectivity index (χ0v) is 72.1. The van der Waals surface area contributed by atoms with Gasteiger partial charge in [0.1, 0.15) is 208 Å². The number of nitrogens with zero attached hydrogens (tertiary/aromatic N) is 1. The molecule has 5 amide bonds. The number of carboxylic acids is 1. The zero-order valence-electron chi connectivity index (χ0n) is 72.1. The molecule has 2 aromatic carbocycles. The van der Waals surface area contributed by atoms with Gasteiger partial charge in [-0.3, -0.25) is 24.5 Å². The summed E-state index contributed by atoms with van der Waals surface area (Å²) < 4.78 is 102. The molecule has 8 saturated heterocycles. The smallest absolute Gasteiger partial charge is 0.411 e. The van der Waals surface area contributed by atoms with Gasteiger partial charge in [-0.1, -0.05) is 30.3 Å². The Labute approximate surface area is 755 Å². The number of hydrogen-bond acceptors (Lipinski definition) is 48. The van der Waals surface area contributed by atoms with Crippen LogP contribution in [0.5, 0.6) is 0 Å². The summed E-state index contributed by atoms with van der Waals surface area (Å²) in [5.74, 6) is -9.20. The summed E-state index contributed by atoms with van der Waals surface area (Å²) in [5, 5.41) is 303. The molecule has 2 aromatic rings. The average Bonchev–Trinajstić information content (AvgIpc) is 0.754. The van der Waals surface area contributed by atoms with Crippen LogP contribution in [-0.4, -0.2) is 497 Å². The number of aliphatic carboxylic acids is 1. The van der Waals surface area contributed by atoms with E-state index >= 15 is 0 Å². The molecule has 0 spiro atoms. The third-order valence-corrected chi connectivity index (χ3v) is 23.7. The molecule has 0 unspecified atom stereocenters. The summed E-state index contributed by atoms with van der Waals surface area (Å²) >= 11 is 0. The van der Waals surface area contributed by atoms with Gasteiger partial charge in [-0.15, -0.1) is 0 Å². The first-order valence-electron chi connectivity index (χ1n) is 42.3. The van der Waals surface area contributed by atoms with E-state index in [1.807, 2.05) is 0 Å². The lowest BCUT2D eigenvalue weighted by Crippen LogP contribution is -2.72. The number of anilines is 2. The number of aliphatic hydroxyl groups excluding tert-OH is 25. The van der Waals surface area contributed by atoms with Crippen molar-refractivity contribution in [2.45, 2.75) is 330 Å². The van der Waals surface area contributed by atoms with Crippen LogP contribution in [-0.2, 0) is 111 Å². The van der Waals surface area contributed by atoms with Gasteiger partial charge in [0.25, 0.3) is 5.79 Å². The third kappa shape index (κ3) is 25.2. The van der Waals surface area contributed by atoms with Crippen LogP contribution in [0.1, 0.15) is 53.5 Å². The second kappa shape index (κ2) is 47.9. The van der Waals surface area contributed by atoms with Crippen LogP contribution >= 0.6 is 0 Å². The molecular weight excluding hydrogens is 1800 g/mol. The van der Waals surface area contributed by atoms with Gasteiger partial charge in [0.2, 0.25) is 23.6 Å². The van der Waals surface area contributed by atoms with Crippen molar-refractivity contribution in [3.05, 3.63) is 60.2 Å². The second-order valence-electron chi connectivity index (χ2n) is 33.2. The van der Waals surface area contributed by atoms with Gasteiger partial charge in [-0.05, 0) is 43.7 Å². The number of ether oxygens (including phenoxy) is 17. The molecule has 8 heterocycles. The minimum Gasteiger partial charge on any atom is -0.477 e. The Bertz CT molecular complexity index is 4020. The number of carboxylic acid groups (broad SMARTS) is 1. The normalized spacial score (nSPS) is 40.9. The first-order valence-corrected chi connectivity index (χ1v) is 42.3. The first-order chi connectivity index (χ1) is 62.9. The molecule has 0 saturated carbocycles. The Morgan fingerprint density at radius 1 is 0.436 bits per heavy atom. The van der Waals surface area contributed by atoms with E-state index in [-0.39, 0.29) is 18.0 Å². The van der Waals surface area contributed by atoms with Crippen LogP contribution in [0.25, 0.3) is 0 Å². The van der Waals surface area contributed by atoms with E-state index < -0.39 is 370 Å². The van der Waals surface area contributed by atoms with Crippen LogP contribution in [0.15, 0.2) is 54.6 Å². The molecule has 756 valence electrons. The molecular formula is C79H121N5O49. The first kappa shape index (κ1) is 108. The van der Waals surface area contributed by atoms with Crippen LogP contribution in [0.2, 0.25) is 0 Å². The molecule has 0 aliphatic carbocycles. The summed E-state index contributed by atoms with van der Waals surface area (Å²) in [6.45, 7) is -3.41. The molecule has 0 bridgehead atoms. The van der Waals surface area contributed by atoms with Crippen molar-refractivity contribution in [2.24, 2.45) is 0 Å². The molecule has 8 aliphatic rings. The van der Waals surface area contributed by atoms with Gasteiger partial charge in [-0.2, -0.15) is 0 Å². The second-order valence-corrected chi connectivity index (χ2v) is 33.2. The van der Waals surface area contributed by atoms with E-state index in [0.717, 1.165) is 32.6 Å². The minimum absolute atomic E-state index is 0.0592. The van der Waals surface area contributed by atoms with Gasteiger partial charge in [-0.25, -0.2) is 9.59 Å². The van der Waals surface area contributed by atoms with Crippen molar-refractivity contribution in [1.29, 1.82) is 0 Å². The summed E-state index contributed by atoms with van der Waals surface area (Å²) in [4.78, 5) is 79.6. The number of hydrogen-bond donors (Lipinski definition) is 30. The Morgan fingerprint density at radius 2 is 0.842 bits per heavy atom. The van der Waals surface area contributed by atoms with Gasteiger partial charge >= 0.3 is 12.1 Å². The lowest BCUT2D eigenvalue weighted by Gasteiger charge is -2.53. The van der Waals surface area contributed by atoms with Gasteiger partial charge in [0, 0.05) is 45.5 Å². The predicted octanol–water partition coefficient (Wildman–Crippen LogP) is -15.5. The summed E-state index contributed by atoms with van der Waals surface area (Å²) in [7, 11) is 0. The molecule has 0 aromatic heterocycles. The number of nitrogens with one attached hydrogen (secondary N) is 4. The van der Waals surface area contributed by atoms with Crippen LogP contribution in [0.4, 0.5) is 16.2 Å². The highest BCUT2D eigenvalue weighted by Gasteiger charge is 2.64. The molecule has 8 fully saturated rings. The van der Waals surface area contributed by atoms with E-state index in [4.69, 9.17) is 80.5 Å². The van der Waals surface area contributed by atoms with Crippen molar-refractivity contribution in [3.63, 3.8) is 0 Å². The van der Waals surface area contributed by atoms with E-state index in [1.54, 1.807) is 30.3 Å². The quantitative estimate of drug-likeness (QED) is 0.0297. The maximum atomic E-state index is 13.6. The number of aliphatic hydroxyl groups is 25. The van der Waals surface area contributed by atoms with Crippen molar-refractivity contribution < 1.29 is 242 Å². The summed E-state index contributed by atoms with van der Waals surface area (Å²) in [6, 6.07) is 8.31. The molecule has 10 rings (SSSR count). The molecule has 54 nitrogen and oxygen atoms in total. The predicted molar refractivity (Wildman–Crippen MR) is 426 cm³/mol. The highest BCUT2D eigenvalue weighted by Crippen LogP contribution is 2.43. The Hall–Kier alpha value is -6.58. The SMILES string of the molecule is CC(=O)N[C@H]1[C@H](O[C@@H]2[C@H](O)[C@@H](O)[C@H](O[C@@H]([C@H](O)[C@@H](O)CN(C(C)=O)c3ccc(NC(=O)OCc4ccccc4)cc3)[C@H](O)CO)O[C@@H]2CO)O[C@H](CO)[C@@H](O[C@@H]2O[C@H](CO)[C@H](O[C@@H]3O[C@H](CO)[C@@H](O[C@@H]4O[C@H](CO)[C@H](O)[C@H](O[C@]5(C(=O)O)C[C@H](O)[C@@H](NC(C)=O)[C@H]([C@H](O)[C@H](O)CO)O5)[C@H]4O)[C@H](O[C@H]4O[C@H](C)[C@H](O)[C@H](O)[C@H]4O)[C@H]3NC(C)=O)[C@H](O)[C@H]2O)[C@@H]1O[C@H]1O[C@H](C)[C@H](O)[C@H](O)[C@H]1O. The highest BCUT2D eigenvalue weighted by atomic mass is 16.8. The number of carbonyl (C=O) groups is 6. The Balaban J connectivity index is 0.901. The maximum Gasteiger partial charge on any atom is 0.411 e. The Morgan fingerprint density at radius 3 is 1.29 bits per heavy atom. The monoisotopic (exact) mass is 1920 g/mol. The molecule has 0 radical (unpaired) electrons. The van der Waals surface area contributed by atoms with Gasteiger partial charge in [0.15, 0.2) is 44.0 Å². The zero-order chi connectivity index (χ0) is 98.0. The number of amides is 5. The Kier molecular flexibility index (Phi) is 39.0. The minimum atomic E-state index is -3.34. The van der Waals surface area contributed by atoms with Crippen molar-refractivity contribution in [2.75, 3.05) is 63.0 Å². The molecule has 30 N–H and O–H groups in total. The fourth-order valence-corrected chi connectivity index (χ4v) is 16.6. The van der Waals surface area contributed by atoms with Crippen molar-refractivity contribution in [1.82, 2.24) is 16.0 Å². The van der Waals surface area contributed by atoms with E-state index in [1.165, 1.54) is 38.1 Å². The van der Waals surface area contributed by atoms with Crippen molar-refractivity contribution >= 4 is 47.1 Å². The largest absolute Gasteiger partial charge is 0.477 e. The van der Waals surface area contributed by atoms with Crippen LogP contribution in [0.3, 0.4) is 0 Å². The summed E-state index contributed by atoms with van der Waals surface area (Å²) in [6.07, 6.45) is -91.5. The molecule has 133 heavy (non-hydrogen) atoms. The highest BCUT2D eigenvalue weighted by molar-refractivity contribution is 5.92. The van der Waals surface area contributed by atoms with Gasteiger partial charge < -0.3 is 234 Å². The maximum absolute atomic E-state index is 13.6. The summed E-state index contributed by atoms with van der Waals surface area (Å²) in [5.41, 5.74) is 1.01. The number of benzene rings is 2. The average molecular weight is 1920 g/mol.